The number of pyridine rings is 1. The van der Waals surface area contributed by atoms with Crippen LogP contribution in [0.1, 0.15) is 30.3 Å². The highest BCUT2D eigenvalue weighted by Crippen LogP contribution is 2.11. The van der Waals surface area contributed by atoms with Crippen LogP contribution in [-0.2, 0) is 9.53 Å². The molecule has 0 saturated heterocycles. The van der Waals surface area contributed by atoms with Crippen LogP contribution in [0.4, 0.5) is 0 Å². The molecule has 1 rings (SSSR count). The summed E-state index contributed by atoms with van der Waals surface area (Å²) < 4.78 is 4.86. The van der Waals surface area contributed by atoms with Gasteiger partial charge in [0.05, 0.1) is 6.61 Å². The largest absolute Gasteiger partial charge is 0.505 e. The molecule has 0 aliphatic rings. The number of ether oxygens (including phenoxy) is 1. The summed E-state index contributed by atoms with van der Waals surface area (Å²) in [5.41, 5.74) is -0.112. The number of nitrogens with one attached hydrogen (secondary N) is 1. The molecule has 1 heterocycles. The number of hydrogen-bond acceptors (Lipinski definition) is 5. The summed E-state index contributed by atoms with van der Waals surface area (Å²) in [4.78, 5) is 26.5. The van der Waals surface area contributed by atoms with E-state index in [0.29, 0.717) is 6.61 Å². The number of hydrogen-bond donors (Lipinski definition) is 2. The molecule has 2 N–H and O–H groups in total. The van der Waals surface area contributed by atoms with E-state index in [1.165, 1.54) is 18.3 Å². The minimum absolute atomic E-state index is 0.112. The highest BCUT2D eigenvalue weighted by atomic mass is 16.5. The molecule has 0 radical (unpaired) electrons. The van der Waals surface area contributed by atoms with Crippen molar-refractivity contribution in [3.63, 3.8) is 0 Å². The van der Waals surface area contributed by atoms with Crippen molar-refractivity contribution < 1.29 is 19.4 Å². The van der Waals surface area contributed by atoms with E-state index in [4.69, 9.17) is 4.74 Å². The number of carbonyl (C=O) groups is 2. The number of amides is 1. The van der Waals surface area contributed by atoms with E-state index in [9.17, 15) is 14.7 Å². The maximum absolute atomic E-state index is 11.6. The second kappa shape index (κ2) is 7.26. The topological polar surface area (TPSA) is 88.5 Å². The van der Waals surface area contributed by atoms with Crippen molar-refractivity contribution in [1.82, 2.24) is 10.3 Å². The van der Waals surface area contributed by atoms with Gasteiger partial charge in [0.25, 0.3) is 5.91 Å². The average molecular weight is 252 g/mol. The van der Waals surface area contributed by atoms with Crippen molar-refractivity contribution in [3.8, 4) is 5.75 Å². The molecule has 0 aliphatic heterocycles. The Labute approximate surface area is 105 Å². The Hall–Kier alpha value is -2.11. The monoisotopic (exact) mass is 252 g/mol. The van der Waals surface area contributed by atoms with E-state index in [1.54, 1.807) is 0 Å². The van der Waals surface area contributed by atoms with E-state index in [-0.39, 0.29) is 18.0 Å². The lowest BCUT2D eigenvalue weighted by Gasteiger charge is -2.06. The summed E-state index contributed by atoms with van der Waals surface area (Å²) in [5.74, 6) is -1.35. The summed E-state index contributed by atoms with van der Waals surface area (Å²) >= 11 is 0. The Morgan fingerprint density at radius 1 is 1.50 bits per heavy atom. The third kappa shape index (κ3) is 4.40. The van der Waals surface area contributed by atoms with Crippen LogP contribution in [0.15, 0.2) is 18.3 Å². The second-order valence-electron chi connectivity index (χ2n) is 3.63. The van der Waals surface area contributed by atoms with Gasteiger partial charge in [0.1, 0.15) is 12.3 Å². The summed E-state index contributed by atoms with van der Waals surface area (Å²) in [6.07, 6.45) is 3.11. The van der Waals surface area contributed by atoms with Gasteiger partial charge in [-0.15, -0.1) is 0 Å². The van der Waals surface area contributed by atoms with Crippen LogP contribution in [0.5, 0.6) is 5.75 Å². The first-order chi connectivity index (χ1) is 8.65. The van der Waals surface area contributed by atoms with Crippen molar-refractivity contribution in [2.75, 3.05) is 13.2 Å². The SMILES string of the molecule is CCCCOC(=O)CNC(=O)c1ncccc1O. The summed E-state index contributed by atoms with van der Waals surface area (Å²) in [5, 5.41) is 11.7. The summed E-state index contributed by atoms with van der Waals surface area (Å²) in [6.45, 7) is 2.10. The van der Waals surface area contributed by atoms with Crippen LogP contribution in [0, 0.1) is 0 Å². The number of aromatic nitrogens is 1. The van der Waals surface area contributed by atoms with E-state index >= 15 is 0 Å². The fourth-order valence-corrected chi connectivity index (χ4v) is 1.19. The standard InChI is InChI=1S/C12H16N2O4/c1-2-3-7-18-10(16)8-14-12(17)11-9(15)5-4-6-13-11/h4-6,15H,2-3,7-8H2,1H3,(H,14,17). The predicted octanol–water partition coefficient (Wildman–Crippen LogP) is 0.860. The minimum Gasteiger partial charge on any atom is -0.505 e. The van der Waals surface area contributed by atoms with Gasteiger partial charge in [-0.25, -0.2) is 4.98 Å². The predicted molar refractivity (Wildman–Crippen MR) is 64.1 cm³/mol. The van der Waals surface area contributed by atoms with Gasteiger partial charge in [-0.1, -0.05) is 13.3 Å². The summed E-state index contributed by atoms with van der Waals surface area (Å²) in [7, 11) is 0. The first-order valence-corrected chi connectivity index (χ1v) is 5.73. The van der Waals surface area contributed by atoms with Crippen LogP contribution in [0.25, 0.3) is 0 Å². The van der Waals surface area contributed by atoms with Gasteiger partial charge >= 0.3 is 5.97 Å². The third-order valence-corrected chi connectivity index (χ3v) is 2.16. The average Bonchev–Trinajstić information content (AvgIpc) is 2.37. The molecule has 1 amide bonds. The zero-order valence-electron chi connectivity index (χ0n) is 10.2. The highest BCUT2D eigenvalue weighted by Gasteiger charge is 2.13. The molecule has 1 aromatic heterocycles. The lowest BCUT2D eigenvalue weighted by molar-refractivity contribution is -0.142. The molecule has 0 bridgehead atoms. The molecule has 0 spiro atoms. The maximum atomic E-state index is 11.6. The normalized spacial score (nSPS) is 9.83. The maximum Gasteiger partial charge on any atom is 0.325 e. The number of rotatable bonds is 6. The van der Waals surface area contributed by atoms with Gasteiger partial charge < -0.3 is 15.2 Å². The second-order valence-corrected chi connectivity index (χ2v) is 3.63. The number of unbranched alkanes of at least 4 members (excludes halogenated alkanes) is 1. The fraction of sp³-hybridized carbons (Fsp3) is 0.417. The third-order valence-electron chi connectivity index (χ3n) is 2.16. The number of nitrogens with zero attached hydrogens (tertiary/aromatic N) is 1. The van der Waals surface area contributed by atoms with Crippen molar-refractivity contribution in [1.29, 1.82) is 0 Å². The Kier molecular flexibility index (Phi) is 5.63. The first-order valence-electron chi connectivity index (χ1n) is 5.73. The van der Waals surface area contributed by atoms with Crippen molar-refractivity contribution in [2.24, 2.45) is 0 Å². The number of aromatic hydroxyl groups is 1. The molecule has 98 valence electrons. The summed E-state index contributed by atoms with van der Waals surface area (Å²) in [6, 6.07) is 2.85. The first kappa shape index (κ1) is 14.0. The smallest absolute Gasteiger partial charge is 0.325 e. The van der Waals surface area contributed by atoms with Crippen molar-refractivity contribution in [3.05, 3.63) is 24.0 Å². The molecule has 0 saturated carbocycles. The van der Waals surface area contributed by atoms with Gasteiger partial charge in [0.15, 0.2) is 5.69 Å². The molecule has 0 aliphatic carbocycles. The molecule has 0 atom stereocenters. The molecular formula is C12H16N2O4. The van der Waals surface area contributed by atoms with E-state index < -0.39 is 11.9 Å². The van der Waals surface area contributed by atoms with E-state index in [0.717, 1.165) is 12.8 Å². The van der Waals surface area contributed by atoms with Gasteiger partial charge in [-0.2, -0.15) is 0 Å². The van der Waals surface area contributed by atoms with E-state index in [2.05, 4.69) is 10.3 Å². The number of carbonyl (C=O) groups excluding carboxylic acids is 2. The van der Waals surface area contributed by atoms with Crippen LogP contribution in [0.2, 0.25) is 0 Å². The van der Waals surface area contributed by atoms with Crippen molar-refractivity contribution in [2.45, 2.75) is 19.8 Å². The zero-order chi connectivity index (χ0) is 13.4. The van der Waals surface area contributed by atoms with Gasteiger partial charge in [0.2, 0.25) is 0 Å². The lowest BCUT2D eigenvalue weighted by atomic mass is 10.3. The Balaban J connectivity index is 2.38. The minimum atomic E-state index is -0.611. The van der Waals surface area contributed by atoms with E-state index in [1.807, 2.05) is 6.92 Å². The van der Waals surface area contributed by atoms with Gasteiger partial charge in [0, 0.05) is 6.20 Å². The molecular weight excluding hydrogens is 236 g/mol. The van der Waals surface area contributed by atoms with Crippen molar-refractivity contribution >= 4 is 11.9 Å². The Morgan fingerprint density at radius 2 is 2.28 bits per heavy atom. The molecule has 0 unspecified atom stereocenters. The van der Waals surface area contributed by atoms with Crippen LogP contribution >= 0.6 is 0 Å². The Morgan fingerprint density at radius 3 is 2.94 bits per heavy atom. The van der Waals surface area contributed by atoms with Gasteiger partial charge in [-0.3, -0.25) is 9.59 Å². The highest BCUT2D eigenvalue weighted by molar-refractivity contribution is 5.96. The molecule has 0 aromatic carbocycles. The number of esters is 1. The van der Waals surface area contributed by atoms with Crippen LogP contribution in [0.3, 0.4) is 0 Å². The molecule has 0 fully saturated rings. The van der Waals surface area contributed by atoms with Crippen LogP contribution < -0.4 is 5.32 Å². The Bertz CT molecular complexity index is 420. The zero-order valence-corrected chi connectivity index (χ0v) is 10.2. The fourth-order valence-electron chi connectivity index (χ4n) is 1.19. The van der Waals surface area contributed by atoms with Gasteiger partial charge in [-0.05, 0) is 18.6 Å². The molecule has 6 nitrogen and oxygen atoms in total. The van der Waals surface area contributed by atoms with Crippen LogP contribution in [-0.4, -0.2) is 35.1 Å². The molecule has 1 aromatic rings. The lowest BCUT2D eigenvalue weighted by Crippen LogP contribution is -2.31. The molecule has 18 heavy (non-hydrogen) atoms. The molecule has 6 heteroatoms. The quantitative estimate of drug-likeness (QED) is 0.579.